The van der Waals surface area contributed by atoms with E-state index in [9.17, 15) is 9.18 Å². The Morgan fingerprint density at radius 1 is 0.861 bits per heavy atom. The van der Waals surface area contributed by atoms with Crippen LogP contribution in [0.1, 0.15) is 5.56 Å². The van der Waals surface area contributed by atoms with Gasteiger partial charge in [-0.3, -0.25) is 4.79 Å². The van der Waals surface area contributed by atoms with Crippen LogP contribution in [-0.4, -0.2) is 63.2 Å². The van der Waals surface area contributed by atoms with E-state index in [-0.39, 0.29) is 11.7 Å². The summed E-state index contributed by atoms with van der Waals surface area (Å²) >= 11 is 0. The number of anilines is 2. The molecular weight excluding hydrogens is 459 g/mol. The average Bonchev–Trinajstić information content (AvgIpc) is 3.24. The molecule has 8 heteroatoms. The molecule has 186 valence electrons. The normalized spacial score (nSPS) is 17.9. The second kappa shape index (κ2) is 10.3. The molecule has 3 aromatic carbocycles. The van der Waals surface area contributed by atoms with Crippen molar-refractivity contribution in [1.29, 1.82) is 0 Å². The van der Waals surface area contributed by atoms with Crippen molar-refractivity contribution in [2.24, 2.45) is 4.99 Å². The lowest BCUT2D eigenvalue weighted by atomic mass is 10.1. The van der Waals surface area contributed by atoms with Gasteiger partial charge in [-0.05, 0) is 29.8 Å². The number of methoxy groups -OCH3 is 2. The molecule has 3 aromatic rings. The van der Waals surface area contributed by atoms with Crippen molar-refractivity contribution in [3.63, 3.8) is 0 Å². The molecule has 0 saturated carbocycles. The van der Waals surface area contributed by atoms with Crippen LogP contribution >= 0.6 is 0 Å². The summed E-state index contributed by atoms with van der Waals surface area (Å²) in [5.41, 5.74) is 2.32. The lowest BCUT2D eigenvalue weighted by Gasteiger charge is -2.38. The number of para-hydroxylation sites is 1. The van der Waals surface area contributed by atoms with Gasteiger partial charge in [-0.15, -0.1) is 0 Å². The van der Waals surface area contributed by atoms with Gasteiger partial charge in [0.15, 0.2) is 11.5 Å². The fraction of sp³-hybridized carbons (Fsp3) is 0.286. The van der Waals surface area contributed by atoms with Crippen LogP contribution in [0.15, 0.2) is 77.8 Å². The SMILES string of the molecule is COc1ccc(N2C(=O)C(Cc3ccccc3)N=C2N2CCN(c3ccccc3F)CC2)cc1OC. The van der Waals surface area contributed by atoms with Crippen molar-refractivity contribution >= 4 is 23.2 Å². The van der Waals surface area contributed by atoms with Gasteiger partial charge in [-0.1, -0.05) is 42.5 Å². The molecule has 2 aliphatic rings. The van der Waals surface area contributed by atoms with Crippen molar-refractivity contribution in [3.8, 4) is 11.5 Å². The molecule has 0 aromatic heterocycles. The van der Waals surface area contributed by atoms with Crippen molar-refractivity contribution in [2.45, 2.75) is 12.5 Å². The molecule has 0 bridgehead atoms. The third kappa shape index (κ3) is 4.58. The van der Waals surface area contributed by atoms with Crippen LogP contribution in [0.5, 0.6) is 11.5 Å². The predicted octanol–water partition coefficient (Wildman–Crippen LogP) is 3.98. The Hall–Kier alpha value is -4.07. The van der Waals surface area contributed by atoms with E-state index in [0.717, 1.165) is 5.56 Å². The molecule has 0 aliphatic carbocycles. The number of piperazine rings is 1. The zero-order valence-electron chi connectivity index (χ0n) is 20.4. The van der Waals surface area contributed by atoms with Gasteiger partial charge in [0.25, 0.3) is 5.91 Å². The fourth-order valence-corrected chi connectivity index (χ4v) is 4.76. The number of ether oxygens (including phenoxy) is 2. The van der Waals surface area contributed by atoms with Crippen molar-refractivity contribution < 1.29 is 18.7 Å². The number of benzene rings is 3. The number of hydrogen-bond donors (Lipinski definition) is 0. The zero-order valence-corrected chi connectivity index (χ0v) is 20.4. The smallest absolute Gasteiger partial charge is 0.259 e. The van der Waals surface area contributed by atoms with Gasteiger partial charge >= 0.3 is 0 Å². The van der Waals surface area contributed by atoms with Gasteiger partial charge in [0.2, 0.25) is 5.96 Å². The Balaban J connectivity index is 1.43. The maximum absolute atomic E-state index is 14.3. The Morgan fingerprint density at radius 3 is 2.22 bits per heavy atom. The van der Waals surface area contributed by atoms with Crippen molar-refractivity contribution in [3.05, 3.63) is 84.2 Å². The minimum absolute atomic E-state index is 0.0855. The zero-order chi connectivity index (χ0) is 25.1. The number of carbonyl (C=O) groups excluding carboxylic acids is 1. The minimum atomic E-state index is -0.528. The first-order chi connectivity index (χ1) is 17.6. The number of rotatable bonds is 6. The minimum Gasteiger partial charge on any atom is -0.493 e. The third-order valence-electron chi connectivity index (χ3n) is 6.63. The molecule has 36 heavy (non-hydrogen) atoms. The number of amides is 1. The van der Waals surface area contributed by atoms with Crippen LogP contribution in [0.2, 0.25) is 0 Å². The molecule has 2 aliphatic heterocycles. The molecule has 1 unspecified atom stereocenters. The molecule has 7 nitrogen and oxygen atoms in total. The molecule has 1 amide bonds. The van der Waals surface area contributed by atoms with Crippen molar-refractivity contribution in [2.75, 3.05) is 50.2 Å². The van der Waals surface area contributed by atoms with E-state index in [4.69, 9.17) is 14.5 Å². The Bertz CT molecular complexity index is 1260. The highest BCUT2D eigenvalue weighted by atomic mass is 19.1. The van der Waals surface area contributed by atoms with Crippen LogP contribution in [-0.2, 0) is 11.2 Å². The van der Waals surface area contributed by atoms with E-state index < -0.39 is 6.04 Å². The molecule has 1 fully saturated rings. The number of carbonyl (C=O) groups is 1. The number of aliphatic imine (C=N–C) groups is 1. The maximum atomic E-state index is 14.3. The fourth-order valence-electron chi connectivity index (χ4n) is 4.76. The average molecular weight is 489 g/mol. The highest BCUT2D eigenvalue weighted by Gasteiger charge is 2.39. The highest BCUT2D eigenvalue weighted by molar-refractivity contribution is 6.22. The first-order valence-corrected chi connectivity index (χ1v) is 12.0. The summed E-state index contributed by atoms with van der Waals surface area (Å²) in [5.74, 6) is 1.43. The van der Waals surface area contributed by atoms with E-state index in [1.807, 2.05) is 47.4 Å². The number of hydrogen-bond acceptors (Lipinski definition) is 6. The summed E-state index contributed by atoms with van der Waals surface area (Å²) < 4.78 is 25.2. The van der Waals surface area contributed by atoms with E-state index in [2.05, 4.69) is 4.90 Å². The lowest BCUT2D eigenvalue weighted by molar-refractivity contribution is -0.118. The molecular formula is C28H29FN4O3. The van der Waals surface area contributed by atoms with Gasteiger partial charge in [-0.2, -0.15) is 0 Å². The summed E-state index contributed by atoms with van der Waals surface area (Å²) in [6.45, 7) is 2.47. The quantitative estimate of drug-likeness (QED) is 0.526. The topological polar surface area (TPSA) is 57.6 Å². The Morgan fingerprint density at radius 2 is 1.53 bits per heavy atom. The molecule has 1 atom stereocenters. The monoisotopic (exact) mass is 488 g/mol. The molecule has 1 saturated heterocycles. The second-order valence-corrected chi connectivity index (χ2v) is 8.77. The molecule has 5 rings (SSSR count). The summed E-state index contributed by atoms with van der Waals surface area (Å²) in [4.78, 5) is 24.4. The number of halogens is 1. The summed E-state index contributed by atoms with van der Waals surface area (Å²) in [7, 11) is 3.15. The van der Waals surface area contributed by atoms with Gasteiger partial charge in [-0.25, -0.2) is 14.3 Å². The molecule has 0 N–H and O–H groups in total. The molecule has 2 heterocycles. The summed E-state index contributed by atoms with van der Waals surface area (Å²) in [6, 6.07) is 21.6. The lowest BCUT2D eigenvalue weighted by Crippen LogP contribution is -2.53. The largest absolute Gasteiger partial charge is 0.493 e. The number of guanidine groups is 1. The first-order valence-electron chi connectivity index (χ1n) is 12.0. The third-order valence-corrected chi connectivity index (χ3v) is 6.63. The van der Waals surface area contributed by atoms with E-state index in [1.165, 1.54) is 6.07 Å². The van der Waals surface area contributed by atoms with E-state index in [0.29, 0.717) is 61.4 Å². The molecule has 0 radical (unpaired) electrons. The standard InChI is InChI=1S/C28H29FN4O3/c1-35-25-13-12-21(19-26(25)36-2)33-27(34)23(18-20-8-4-3-5-9-20)30-28(33)32-16-14-31(15-17-32)24-11-7-6-10-22(24)29/h3-13,19,23H,14-18H2,1-2H3. The first kappa shape index (κ1) is 23.7. The van der Waals surface area contributed by atoms with E-state index in [1.54, 1.807) is 43.4 Å². The maximum Gasteiger partial charge on any atom is 0.259 e. The Kier molecular flexibility index (Phi) is 6.75. The van der Waals surface area contributed by atoms with Gasteiger partial charge in [0.05, 0.1) is 25.6 Å². The molecule has 0 spiro atoms. The van der Waals surface area contributed by atoms with Crippen molar-refractivity contribution in [1.82, 2.24) is 4.90 Å². The summed E-state index contributed by atoms with van der Waals surface area (Å²) in [6.07, 6.45) is 0.516. The highest BCUT2D eigenvalue weighted by Crippen LogP contribution is 2.34. The van der Waals surface area contributed by atoms with Gasteiger partial charge < -0.3 is 19.3 Å². The Labute approximate surface area is 210 Å². The van der Waals surface area contributed by atoms with Crippen LogP contribution < -0.4 is 19.3 Å². The van der Waals surface area contributed by atoms with Crippen LogP contribution in [0.3, 0.4) is 0 Å². The summed E-state index contributed by atoms with van der Waals surface area (Å²) in [5, 5.41) is 0. The second-order valence-electron chi connectivity index (χ2n) is 8.77. The van der Waals surface area contributed by atoms with Crippen LogP contribution in [0, 0.1) is 5.82 Å². The number of nitrogens with zero attached hydrogens (tertiary/aromatic N) is 4. The van der Waals surface area contributed by atoms with E-state index >= 15 is 0 Å². The van der Waals surface area contributed by atoms with Gasteiger partial charge in [0.1, 0.15) is 11.9 Å². The van der Waals surface area contributed by atoms with Crippen LogP contribution in [0.4, 0.5) is 15.8 Å². The van der Waals surface area contributed by atoms with Gasteiger partial charge in [0, 0.05) is 38.7 Å². The van der Waals surface area contributed by atoms with Crippen LogP contribution in [0.25, 0.3) is 0 Å². The predicted molar refractivity (Wildman–Crippen MR) is 139 cm³/mol.